The minimum Gasteiger partial charge on any atom is -0.508 e. The number of phenols is 1. The number of hydrogen-bond acceptors (Lipinski definition) is 3. The summed E-state index contributed by atoms with van der Waals surface area (Å²) in [5, 5.41) is 10.0. The van der Waals surface area contributed by atoms with Crippen LogP contribution in [0.25, 0.3) is 0 Å². The molecule has 0 aromatic heterocycles. The molecule has 0 aliphatic carbocycles. The molecule has 0 heterocycles. The zero-order valence-corrected chi connectivity index (χ0v) is 14.3. The number of amides is 1. The number of hydrogen-bond donors (Lipinski definition) is 1. The molecule has 2 aromatic rings. The number of carbonyl (C=O) groups is 1. The number of benzene rings is 2. The van der Waals surface area contributed by atoms with Crippen molar-refractivity contribution in [2.75, 3.05) is 26.0 Å². The Labute approximate surface area is 144 Å². The Balaban J connectivity index is 2.68. The maximum absolute atomic E-state index is 13.6. The van der Waals surface area contributed by atoms with Gasteiger partial charge in [-0.1, -0.05) is 11.6 Å². The lowest BCUT2D eigenvalue weighted by Crippen LogP contribution is -2.26. The molecule has 2 aromatic carbocycles. The van der Waals surface area contributed by atoms with E-state index in [4.69, 9.17) is 11.6 Å². The van der Waals surface area contributed by atoms with E-state index in [9.17, 15) is 14.3 Å². The maximum atomic E-state index is 13.6. The standard InChI is InChI=1S/C17H17ClFN3O2/c1-20-17(21(2)3)15-5-4-11(18)6-16(15)22(10-23)13-7-12(19)8-14(24)9-13/h4-10,24H,1-3H3. The second-order valence-electron chi connectivity index (χ2n) is 5.25. The van der Waals surface area contributed by atoms with Gasteiger partial charge in [-0.2, -0.15) is 0 Å². The molecule has 0 saturated carbocycles. The van der Waals surface area contributed by atoms with E-state index in [1.807, 2.05) is 14.1 Å². The summed E-state index contributed by atoms with van der Waals surface area (Å²) < 4.78 is 13.6. The van der Waals surface area contributed by atoms with Crippen molar-refractivity contribution < 1.29 is 14.3 Å². The quantitative estimate of drug-likeness (QED) is 0.523. The summed E-state index contributed by atoms with van der Waals surface area (Å²) in [6, 6.07) is 8.40. The smallest absolute Gasteiger partial charge is 0.218 e. The Hall–Kier alpha value is -2.60. The zero-order chi connectivity index (χ0) is 17.9. The third kappa shape index (κ3) is 3.65. The fourth-order valence-electron chi connectivity index (χ4n) is 2.41. The van der Waals surface area contributed by atoms with Gasteiger partial charge in [-0.05, 0) is 24.3 Å². The van der Waals surface area contributed by atoms with Crippen LogP contribution in [0.5, 0.6) is 5.75 Å². The highest BCUT2D eigenvalue weighted by Crippen LogP contribution is 2.33. The average Bonchev–Trinajstić information content (AvgIpc) is 2.49. The number of carbonyl (C=O) groups excluding carboxylic acids is 1. The van der Waals surface area contributed by atoms with Crippen LogP contribution in [-0.2, 0) is 4.79 Å². The van der Waals surface area contributed by atoms with E-state index in [0.29, 0.717) is 28.5 Å². The summed E-state index contributed by atoms with van der Waals surface area (Å²) in [6.07, 6.45) is 0.534. The molecule has 2 rings (SSSR count). The predicted octanol–water partition coefficient (Wildman–Crippen LogP) is 3.42. The average molecular weight is 350 g/mol. The molecule has 0 aliphatic heterocycles. The molecule has 24 heavy (non-hydrogen) atoms. The number of nitrogens with zero attached hydrogens (tertiary/aromatic N) is 3. The second-order valence-corrected chi connectivity index (χ2v) is 5.68. The summed E-state index contributed by atoms with van der Waals surface area (Å²) in [5.74, 6) is -0.316. The highest BCUT2D eigenvalue weighted by Gasteiger charge is 2.19. The maximum Gasteiger partial charge on any atom is 0.218 e. The van der Waals surface area contributed by atoms with E-state index in [0.717, 1.165) is 12.1 Å². The first kappa shape index (κ1) is 17.7. The minimum absolute atomic E-state index is 0.181. The molecule has 0 aliphatic rings. The zero-order valence-electron chi connectivity index (χ0n) is 13.5. The lowest BCUT2D eigenvalue weighted by atomic mass is 10.1. The Morgan fingerprint density at radius 3 is 2.50 bits per heavy atom. The molecule has 0 radical (unpaired) electrons. The number of halogens is 2. The largest absolute Gasteiger partial charge is 0.508 e. The summed E-state index contributed by atoms with van der Waals surface area (Å²) >= 11 is 6.08. The summed E-state index contributed by atoms with van der Waals surface area (Å²) in [7, 11) is 5.27. The van der Waals surface area contributed by atoms with Crippen LogP contribution in [0.4, 0.5) is 15.8 Å². The lowest BCUT2D eigenvalue weighted by molar-refractivity contribution is -0.106. The van der Waals surface area contributed by atoms with E-state index < -0.39 is 5.82 Å². The SMILES string of the molecule is CN=C(c1ccc(Cl)cc1N(C=O)c1cc(O)cc(F)c1)N(C)C. The van der Waals surface area contributed by atoms with Gasteiger partial charge in [-0.15, -0.1) is 0 Å². The van der Waals surface area contributed by atoms with Crippen molar-refractivity contribution in [3.05, 3.63) is 52.8 Å². The first-order chi connectivity index (χ1) is 11.4. The van der Waals surface area contributed by atoms with Crippen LogP contribution in [0, 0.1) is 5.82 Å². The van der Waals surface area contributed by atoms with Crippen LogP contribution in [0.1, 0.15) is 5.56 Å². The summed E-state index contributed by atoms with van der Waals surface area (Å²) in [5.41, 5.74) is 1.25. The van der Waals surface area contributed by atoms with Crippen LogP contribution in [-0.4, -0.2) is 43.4 Å². The molecule has 0 unspecified atom stereocenters. The normalized spacial score (nSPS) is 11.3. The lowest BCUT2D eigenvalue weighted by Gasteiger charge is -2.24. The van der Waals surface area contributed by atoms with Crippen molar-refractivity contribution in [2.24, 2.45) is 4.99 Å². The highest BCUT2D eigenvalue weighted by atomic mass is 35.5. The fourth-order valence-corrected chi connectivity index (χ4v) is 2.58. The van der Waals surface area contributed by atoms with Gasteiger partial charge in [0, 0.05) is 43.9 Å². The summed E-state index contributed by atoms with van der Waals surface area (Å²) in [6.45, 7) is 0. The van der Waals surface area contributed by atoms with Crippen LogP contribution in [0.3, 0.4) is 0 Å². The van der Waals surface area contributed by atoms with Gasteiger partial charge in [-0.25, -0.2) is 4.39 Å². The van der Waals surface area contributed by atoms with Gasteiger partial charge in [0.15, 0.2) is 0 Å². The number of anilines is 2. The van der Waals surface area contributed by atoms with E-state index in [1.165, 1.54) is 11.0 Å². The molecule has 126 valence electrons. The predicted molar refractivity (Wildman–Crippen MR) is 93.9 cm³/mol. The van der Waals surface area contributed by atoms with E-state index in [2.05, 4.69) is 4.99 Å². The first-order valence-electron chi connectivity index (χ1n) is 7.05. The van der Waals surface area contributed by atoms with Crippen molar-refractivity contribution in [1.29, 1.82) is 0 Å². The molecular formula is C17H17ClFN3O2. The van der Waals surface area contributed by atoms with Crippen LogP contribution in [0.2, 0.25) is 5.02 Å². The number of aliphatic imine (C=N–C) groups is 1. The third-order valence-corrected chi connectivity index (χ3v) is 3.58. The first-order valence-corrected chi connectivity index (χ1v) is 7.43. The molecule has 1 amide bonds. The molecule has 1 N–H and O–H groups in total. The summed E-state index contributed by atoms with van der Waals surface area (Å²) in [4.78, 5) is 18.9. The van der Waals surface area contributed by atoms with E-state index >= 15 is 0 Å². The Kier molecular flexibility index (Phi) is 5.41. The van der Waals surface area contributed by atoms with Crippen molar-refractivity contribution in [3.63, 3.8) is 0 Å². The van der Waals surface area contributed by atoms with Crippen LogP contribution in [0.15, 0.2) is 41.4 Å². The van der Waals surface area contributed by atoms with E-state index in [1.54, 1.807) is 30.1 Å². The topological polar surface area (TPSA) is 56.1 Å². The molecule has 7 heteroatoms. The van der Waals surface area contributed by atoms with Gasteiger partial charge in [0.2, 0.25) is 6.41 Å². The Bertz CT molecular complexity index is 773. The third-order valence-electron chi connectivity index (χ3n) is 3.35. The Morgan fingerprint density at radius 2 is 1.96 bits per heavy atom. The molecule has 0 saturated heterocycles. The molecule has 0 fully saturated rings. The highest BCUT2D eigenvalue weighted by molar-refractivity contribution is 6.31. The van der Waals surface area contributed by atoms with Gasteiger partial charge in [0.25, 0.3) is 0 Å². The van der Waals surface area contributed by atoms with Crippen molar-refractivity contribution in [1.82, 2.24) is 4.90 Å². The van der Waals surface area contributed by atoms with Gasteiger partial charge in [-0.3, -0.25) is 14.7 Å². The number of phenolic OH excluding ortho intramolecular Hbond substituents is 1. The molecule has 0 spiro atoms. The van der Waals surface area contributed by atoms with Crippen LogP contribution < -0.4 is 4.90 Å². The van der Waals surface area contributed by atoms with Gasteiger partial charge >= 0.3 is 0 Å². The molecule has 0 bridgehead atoms. The second kappa shape index (κ2) is 7.31. The molecule has 5 nitrogen and oxygen atoms in total. The number of aromatic hydroxyl groups is 1. The van der Waals surface area contributed by atoms with E-state index in [-0.39, 0.29) is 11.4 Å². The van der Waals surface area contributed by atoms with Crippen molar-refractivity contribution in [2.45, 2.75) is 0 Å². The molecule has 0 atom stereocenters. The fraction of sp³-hybridized carbons (Fsp3) is 0.176. The van der Waals surface area contributed by atoms with Gasteiger partial charge in [0.1, 0.15) is 17.4 Å². The number of rotatable bonds is 4. The minimum atomic E-state index is -0.655. The number of amidine groups is 1. The molecular weight excluding hydrogens is 333 g/mol. The van der Waals surface area contributed by atoms with Gasteiger partial charge < -0.3 is 10.0 Å². The van der Waals surface area contributed by atoms with Crippen molar-refractivity contribution in [3.8, 4) is 5.75 Å². The van der Waals surface area contributed by atoms with Crippen LogP contribution >= 0.6 is 11.6 Å². The Morgan fingerprint density at radius 1 is 1.25 bits per heavy atom. The monoisotopic (exact) mass is 349 g/mol. The van der Waals surface area contributed by atoms with Crippen molar-refractivity contribution >= 4 is 35.2 Å². The van der Waals surface area contributed by atoms with Gasteiger partial charge in [0.05, 0.1) is 11.4 Å².